The molecule has 102 valence electrons. The Morgan fingerprint density at radius 3 is 2.63 bits per heavy atom. The Labute approximate surface area is 116 Å². The topological polar surface area (TPSA) is 15.3 Å². The van der Waals surface area contributed by atoms with Gasteiger partial charge in [0.15, 0.2) is 0 Å². The van der Waals surface area contributed by atoms with E-state index < -0.39 is 0 Å². The van der Waals surface area contributed by atoms with Crippen LogP contribution in [0.25, 0.3) is 0 Å². The summed E-state index contributed by atoms with van der Waals surface area (Å²) in [5, 5.41) is 3.82. The highest BCUT2D eigenvalue weighted by atomic mass is 15.2. The number of nitrogens with one attached hydrogen (secondary N) is 1. The molecule has 3 atom stereocenters. The molecule has 0 radical (unpaired) electrons. The van der Waals surface area contributed by atoms with Crippen LogP contribution in [0.4, 0.5) is 0 Å². The van der Waals surface area contributed by atoms with E-state index >= 15 is 0 Å². The van der Waals surface area contributed by atoms with Gasteiger partial charge in [0.05, 0.1) is 0 Å². The molecule has 1 aliphatic heterocycles. The van der Waals surface area contributed by atoms with Crippen LogP contribution in [0.1, 0.15) is 43.6 Å². The number of benzene rings is 1. The fourth-order valence-electron chi connectivity index (χ4n) is 3.67. The minimum absolute atomic E-state index is 0.762. The number of nitrogens with zero attached hydrogens (tertiary/aromatic N) is 1. The van der Waals surface area contributed by atoms with Crippen LogP contribution in [0.5, 0.6) is 0 Å². The molecule has 0 spiro atoms. The van der Waals surface area contributed by atoms with Gasteiger partial charge in [0.25, 0.3) is 0 Å². The number of likely N-dealkylation sites (tertiary alicyclic amines) is 1. The van der Waals surface area contributed by atoms with Crippen molar-refractivity contribution in [2.45, 2.75) is 56.1 Å². The zero-order valence-corrected chi connectivity index (χ0v) is 11.6. The van der Waals surface area contributed by atoms with E-state index in [0.29, 0.717) is 0 Å². The van der Waals surface area contributed by atoms with Crippen LogP contribution in [-0.4, -0.2) is 36.1 Å². The first-order valence-electron chi connectivity index (χ1n) is 7.95. The minimum atomic E-state index is 0.762. The summed E-state index contributed by atoms with van der Waals surface area (Å²) in [7, 11) is 0. The van der Waals surface area contributed by atoms with Gasteiger partial charge >= 0.3 is 0 Å². The maximum absolute atomic E-state index is 3.82. The summed E-state index contributed by atoms with van der Waals surface area (Å²) in [6, 6.07) is 13.5. The third-order valence-corrected chi connectivity index (χ3v) is 4.96. The van der Waals surface area contributed by atoms with E-state index in [2.05, 4.69) is 40.5 Å². The van der Waals surface area contributed by atoms with Crippen molar-refractivity contribution >= 4 is 0 Å². The summed E-state index contributed by atoms with van der Waals surface area (Å²) < 4.78 is 0. The Bertz CT molecular complexity index is 426. The predicted octanol–water partition coefficient (Wildman–Crippen LogP) is 2.76. The molecule has 2 heteroatoms. The Hall–Kier alpha value is -0.860. The van der Waals surface area contributed by atoms with Crippen LogP contribution in [0.2, 0.25) is 0 Å². The van der Waals surface area contributed by atoms with Crippen molar-refractivity contribution in [3.63, 3.8) is 0 Å². The molecule has 2 aliphatic carbocycles. The summed E-state index contributed by atoms with van der Waals surface area (Å²) >= 11 is 0. The lowest BCUT2D eigenvalue weighted by Crippen LogP contribution is -2.47. The molecule has 4 rings (SSSR count). The van der Waals surface area contributed by atoms with E-state index in [9.17, 15) is 0 Å². The van der Waals surface area contributed by atoms with Crippen molar-refractivity contribution in [3.05, 3.63) is 35.9 Å². The van der Waals surface area contributed by atoms with E-state index in [4.69, 9.17) is 0 Å². The average molecular weight is 256 g/mol. The largest absolute Gasteiger partial charge is 0.310 e. The summed E-state index contributed by atoms with van der Waals surface area (Å²) in [6.07, 6.45) is 6.96. The third kappa shape index (κ3) is 2.70. The quantitative estimate of drug-likeness (QED) is 0.891. The highest BCUT2D eigenvalue weighted by Gasteiger charge is 2.44. The number of rotatable bonds is 4. The fraction of sp³-hybridized carbons (Fsp3) is 0.647. The number of hydrogen-bond donors (Lipinski definition) is 1. The van der Waals surface area contributed by atoms with E-state index in [0.717, 1.165) is 24.0 Å². The van der Waals surface area contributed by atoms with E-state index in [1.807, 2.05) is 0 Å². The van der Waals surface area contributed by atoms with Crippen LogP contribution in [-0.2, 0) is 0 Å². The van der Waals surface area contributed by atoms with Gasteiger partial charge in [0, 0.05) is 30.6 Å². The van der Waals surface area contributed by atoms with Crippen molar-refractivity contribution in [1.82, 2.24) is 10.2 Å². The first-order valence-corrected chi connectivity index (χ1v) is 7.95. The molecule has 1 N–H and O–H groups in total. The van der Waals surface area contributed by atoms with Crippen LogP contribution in [0, 0.1) is 0 Å². The van der Waals surface area contributed by atoms with Crippen LogP contribution in [0.3, 0.4) is 0 Å². The second kappa shape index (κ2) is 4.92. The first kappa shape index (κ1) is 11.9. The third-order valence-electron chi connectivity index (χ3n) is 4.96. The maximum atomic E-state index is 3.82. The molecule has 0 aromatic heterocycles. The zero-order valence-electron chi connectivity index (χ0n) is 11.6. The fourth-order valence-corrected chi connectivity index (χ4v) is 3.67. The van der Waals surface area contributed by atoms with Crippen molar-refractivity contribution in [2.24, 2.45) is 0 Å². The van der Waals surface area contributed by atoms with E-state index in [-0.39, 0.29) is 0 Å². The number of hydrogen-bond acceptors (Lipinski definition) is 2. The van der Waals surface area contributed by atoms with Gasteiger partial charge in [-0.2, -0.15) is 0 Å². The molecule has 2 nitrogen and oxygen atoms in total. The first-order chi connectivity index (χ1) is 9.40. The molecule has 0 bridgehead atoms. The summed E-state index contributed by atoms with van der Waals surface area (Å²) in [4.78, 5) is 2.75. The number of piperidine rings is 1. The van der Waals surface area contributed by atoms with E-state index in [1.165, 1.54) is 45.2 Å². The maximum Gasteiger partial charge on any atom is 0.0198 e. The monoisotopic (exact) mass is 256 g/mol. The zero-order chi connectivity index (χ0) is 12.7. The normalized spacial score (nSPS) is 35.3. The summed E-state index contributed by atoms with van der Waals surface area (Å²) in [6.45, 7) is 2.60. The van der Waals surface area contributed by atoms with Crippen LogP contribution >= 0.6 is 0 Å². The minimum Gasteiger partial charge on any atom is -0.310 e. The smallest absolute Gasteiger partial charge is 0.0198 e. The highest BCUT2D eigenvalue weighted by Crippen LogP contribution is 2.45. The van der Waals surface area contributed by atoms with Gasteiger partial charge in [0.2, 0.25) is 0 Å². The molecule has 1 heterocycles. The van der Waals surface area contributed by atoms with Crippen molar-refractivity contribution in [2.75, 3.05) is 13.1 Å². The Balaban J connectivity index is 1.35. The second-order valence-electron chi connectivity index (χ2n) is 6.60. The van der Waals surface area contributed by atoms with Gasteiger partial charge in [-0.1, -0.05) is 30.3 Å². The molecular formula is C17H24N2. The molecular weight excluding hydrogens is 232 g/mol. The van der Waals surface area contributed by atoms with Gasteiger partial charge in [0.1, 0.15) is 0 Å². The lowest BCUT2D eigenvalue weighted by Gasteiger charge is -2.33. The van der Waals surface area contributed by atoms with Gasteiger partial charge in [-0.25, -0.2) is 0 Å². The SMILES string of the molecule is c1ccc(C2CC2N2CCCC(NC3CC3)C2)cc1. The Morgan fingerprint density at radius 2 is 1.84 bits per heavy atom. The predicted molar refractivity (Wildman–Crippen MR) is 78.3 cm³/mol. The lowest BCUT2D eigenvalue weighted by molar-refractivity contribution is 0.179. The summed E-state index contributed by atoms with van der Waals surface area (Å²) in [5.74, 6) is 0.806. The van der Waals surface area contributed by atoms with Gasteiger partial charge in [-0.3, -0.25) is 4.90 Å². The molecule has 1 saturated heterocycles. The Kier molecular flexibility index (Phi) is 3.08. The van der Waals surface area contributed by atoms with Gasteiger partial charge < -0.3 is 5.32 Å². The van der Waals surface area contributed by atoms with Gasteiger partial charge in [-0.15, -0.1) is 0 Å². The molecule has 19 heavy (non-hydrogen) atoms. The van der Waals surface area contributed by atoms with Crippen molar-refractivity contribution < 1.29 is 0 Å². The van der Waals surface area contributed by atoms with Crippen molar-refractivity contribution in [3.8, 4) is 0 Å². The molecule has 1 aromatic rings. The molecule has 2 saturated carbocycles. The van der Waals surface area contributed by atoms with Crippen LogP contribution < -0.4 is 5.32 Å². The molecule has 3 unspecified atom stereocenters. The average Bonchev–Trinajstić information content (AvgIpc) is 3.35. The van der Waals surface area contributed by atoms with Crippen LogP contribution in [0.15, 0.2) is 30.3 Å². The molecule has 0 amide bonds. The molecule has 3 aliphatic rings. The molecule has 3 fully saturated rings. The summed E-state index contributed by atoms with van der Waals surface area (Å²) in [5.41, 5.74) is 1.55. The van der Waals surface area contributed by atoms with Crippen molar-refractivity contribution in [1.29, 1.82) is 0 Å². The van der Waals surface area contributed by atoms with E-state index in [1.54, 1.807) is 5.56 Å². The standard InChI is InChI=1S/C17H24N2/c1-2-5-13(6-3-1)16-11-17(16)19-10-4-7-15(12-19)18-14-8-9-14/h1-3,5-6,14-18H,4,7-12H2. The lowest BCUT2D eigenvalue weighted by atomic mass is 10.0. The Morgan fingerprint density at radius 1 is 1.00 bits per heavy atom. The second-order valence-corrected chi connectivity index (χ2v) is 6.60. The van der Waals surface area contributed by atoms with Gasteiger partial charge in [-0.05, 0) is 44.2 Å². The highest BCUT2D eigenvalue weighted by molar-refractivity contribution is 5.28. The molecule has 1 aromatic carbocycles.